The van der Waals surface area contributed by atoms with Gasteiger partial charge in [0.25, 0.3) is 0 Å². The number of carbonyl (C=O) groups excluding carboxylic acids is 1. The summed E-state index contributed by atoms with van der Waals surface area (Å²) in [5.41, 5.74) is 3.02. The first-order valence-electron chi connectivity index (χ1n) is 6.00. The molecule has 1 unspecified atom stereocenters. The second-order valence-corrected chi connectivity index (χ2v) is 4.44. The lowest BCUT2D eigenvalue weighted by Gasteiger charge is -2.29. The highest BCUT2D eigenvalue weighted by atomic mass is 16.5. The van der Waals surface area contributed by atoms with Crippen LogP contribution in [0.3, 0.4) is 0 Å². The van der Waals surface area contributed by atoms with Crippen LogP contribution in [0.15, 0.2) is 53.7 Å². The molecule has 0 heterocycles. The van der Waals surface area contributed by atoms with Gasteiger partial charge in [0.1, 0.15) is 11.8 Å². The maximum atomic E-state index is 11.9. The van der Waals surface area contributed by atoms with Crippen LogP contribution in [0.25, 0.3) is 0 Å². The molecule has 19 heavy (non-hydrogen) atoms. The van der Waals surface area contributed by atoms with Gasteiger partial charge < -0.3 is 4.74 Å². The van der Waals surface area contributed by atoms with E-state index in [1.807, 2.05) is 24.3 Å². The van der Waals surface area contributed by atoms with Gasteiger partial charge in [0.2, 0.25) is 0 Å². The average Bonchev–Trinajstić information content (AvgIpc) is 2.44. The Morgan fingerprint density at radius 2 is 1.84 bits per heavy atom. The number of hydrogen-bond acceptors (Lipinski definition) is 4. The molecule has 0 N–H and O–H groups in total. The molecule has 0 amide bonds. The minimum Gasteiger partial charge on any atom is -0.454 e. The lowest BCUT2D eigenvalue weighted by atomic mass is 9.85. The number of hydrogen-bond donors (Lipinski definition) is 0. The van der Waals surface area contributed by atoms with Crippen molar-refractivity contribution in [2.24, 2.45) is 5.18 Å². The van der Waals surface area contributed by atoms with Crippen molar-refractivity contribution >= 4 is 11.7 Å². The van der Waals surface area contributed by atoms with Gasteiger partial charge in [-0.3, -0.25) is 0 Å². The van der Waals surface area contributed by atoms with Crippen molar-refractivity contribution in [1.29, 1.82) is 0 Å². The summed E-state index contributed by atoms with van der Waals surface area (Å²) in [6.07, 6.45) is 0.600. The van der Waals surface area contributed by atoms with E-state index in [1.165, 1.54) is 17.7 Å². The number of nitroso groups, excluding NO2 is 1. The maximum Gasteiger partial charge on any atom is 0.338 e. The normalized spacial score (nSPS) is 16.1. The molecule has 0 bridgehead atoms. The van der Waals surface area contributed by atoms with Crippen molar-refractivity contribution < 1.29 is 9.53 Å². The zero-order chi connectivity index (χ0) is 13.2. The van der Waals surface area contributed by atoms with Crippen LogP contribution in [0, 0.1) is 4.91 Å². The Kier molecular flexibility index (Phi) is 2.83. The second-order valence-electron chi connectivity index (χ2n) is 4.44. The smallest absolute Gasteiger partial charge is 0.338 e. The number of esters is 1. The zero-order valence-electron chi connectivity index (χ0n) is 10.1. The summed E-state index contributed by atoms with van der Waals surface area (Å²) < 4.78 is 5.42. The quantitative estimate of drug-likeness (QED) is 0.621. The van der Waals surface area contributed by atoms with Gasteiger partial charge in [-0.2, -0.15) is 0 Å². The van der Waals surface area contributed by atoms with E-state index in [0.29, 0.717) is 11.3 Å². The molecule has 0 saturated carbocycles. The van der Waals surface area contributed by atoms with Crippen LogP contribution in [0.1, 0.15) is 27.6 Å². The van der Waals surface area contributed by atoms with Crippen LogP contribution < -0.4 is 0 Å². The van der Waals surface area contributed by atoms with Crippen LogP contribution in [-0.4, -0.2) is 5.97 Å². The third-order valence-corrected chi connectivity index (χ3v) is 3.26. The highest BCUT2D eigenvalue weighted by molar-refractivity contribution is 5.90. The van der Waals surface area contributed by atoms with E-state index < -0.39 is 0 Å². The highest BCUT2D eigenvalue weighted by Gasteiger charge is 2.29. The Bertz CT molecular complexity index is 634. The molecule has 0 aromatic heterocycles. The Morgan fingerprint density at radius 1 is 1.11 bits per heavy atom. The van der Waals surface area contributed by atoms with Crippen molar-refractivity contribution in [3.8, 4) is 0 Å². The predicted octanol–water partition coefficient (Wildman–Crippen LogP) is 3.54. The van der Waals surface area contributed by atoms with Crippen LogP contribution in [0.4, 0.5) is 5.69 Å². The summed E-state index contributed by atoms with van der Waals surface area (Å²) in [6.45, 7) is 0. The SMILES string of the molecule is O=Nc1ccc(C(=O)OC2Cc3ccccc32)cc1. The van der Waals surface area contributed by atoms with Crippen molar-refractivity contribution in [1.82, 2.24) is 0 Å². The molecule has 1 atom stereocenters. The Morgan fingerprint density at radius 3 is 2.53 bits per heavy atom. The van der Waals surface area contributed by atoms with Gasteiger partial charge in [-0.05, 0) is 40.6 Å². The van der Waals surface area contributed by atoms with Gasteiger partial charge >= 0.3 is 5.97 Å². The first kappa shape index (κ1) is 11.6. The Balaban J connectivity index is 1.71. The third-order valence-electron chi connectivity index (χ3n) is 3.26. The molecular weight excluding hydrogens is 242 g/mol. The van der Waals surface area contributed by atoms with Crippen LogP contribution in [0.2, 0.25) is 0 Å². The second kappa shape index (κ2) is 4.65. The summed E-state index contributed by atoms with van der Waals surface area (Å²) in [6, 6.07) is 14.0. The average molecular weight is 253 g/mol. The summed E-state index contributed by atoms with van der Waals surface area (Å²) >= 11 is 0. The van der Waals surface area contributed by atoms with E-state index in [1.54, 1.807) is 12.1 Å². The fourth-order valence-electron chi connectivity index (χ4n) is 2.17. The lowest BCUT2D eigenvalue weighted by Crippen LogP contribution is -2.22. The maximum absolute atomic E-state index is 11.9. The first-order chi connectivity index (χ1) is 9.28. The van der Waals surface area contributed by atoms with Gasteiger partial charge in [0.15, 0.2) is 0 Å². The number of nitrogens with zero attached hydrogens (tertiary/aromatic N) is 1. The van der Waals surface area contributed by atoms with Crippen LogP contribution in [0.5, 0.6) is 0 Å². The molecule has 3 rings (SSSR count). The van der Waals surface area contributed by atoms with Gasteiger partial charge in [-0.25, -0.2) is 4.79 Å². The molecule has 0 spiro atoms. The molecule has 4 nitrogen and oxygen atoms in total. The molecule has 0 radical (unpaired) electrons. The van der Waals surface area contributed by atoms with Gasteiger partial charge in [-0.1, -0.05) is 24.3 Å². The van der Waals surface area contributed by atoms with Crippen molar-refractivity contribution in [3.05, 3.63) is 70.1 Å². The molecule has 1 aliphatic carbocycles. The number of ether oxygens (including phenoxy) is 1. The largest absolute Gasteiger partial charge is 0.454 e. The molecule has 0 saturated heterocycles. The minimum absolute atomic E-state index is 0.160. The predicted molar refractivity (Wildman–Crippen MR) is 70.2 cm³/mol. The van der Waals surface area contributed by atoms with E-state index in [-0.39, 0.29) is 12.1 Å². The first-order valence-corrected chi connectivity index (χ1v) is 6.00. The van der Waals surface area contributed by atoms with Gasteiger partial charge in [-0.15, -0.1) is 4.91 Å². The fourth-order valence-corrected chi connectivity index (χ4v) is 2.17. The van der Waals surface area contributed by atoms with Crippen molar-refractivity contribution in [3.63, 3.8) is 0 Å². The molecule has 4 heteroatoms. The van der Waals surface area contributed by atoms with E-state index >= 15 is 0 Å². The monoisotopic (exact) mass is 253 g/mol. The van der Waals surface area contributed by atoms with Crippen LogP contribution in [-0.2, 0) is 11.2 Å². The molecule has 2 aromatic carbocycles. The highest BCUT2D eigenvalue weighted by Crippen LogP contribution is 2.36. The molecule has 1 aliphatic rings. The number of carbonyl (C=O) groups is 1. The number of benzene rings is 2. The molecule has 0 fully saturated rings. The number of fused-ring (bicyclic) bond motifs is 1. The van der Waals surface area contributed by atoms with Gasteiger partial charge in [0.05, 0.1) is 5.56 Å². The molecule has 94 valence electrons. The van der Waals surface area contributed by atoms with Crippen molar-refractivity contribution in [2.75, 3.05) is 0 Å². The van der Waals surface area contributed by atoms with E-state index in [2.05, 4.69) is 5.18 Å². The lowest BCUT2D eigenvalue weighted by molar-refractivity contribution is 0.0242. The zero-order valence-corrected chi connectivity index (χ0v) is 10.1. The summed E-state index contributed by atoms with van der Waals surface area (Å²) in [4.78, 5) is 22.2. The Hall–Kier alpha value is -2.49. The van der Waals surface area contributed by atoms with Crippen LogP contribution >= 0.6 is 0 Å². The van der Waals surface area contributed by atoms with Gasteiger partial charge in [0, 0.05) is 6.42 Å². The number of rotatable bonds is 3. The molecule has 0 aliphatic heterocycles. The minimum atomic E-state index is -0.378. The summed E-state index contributed by atoms with van der Waals surface area (Å²) in [5, 5.41) is 2.79. The standard InChI is InChI=1S/C15H11NO3/c17-15(10-5-7-12(16-18)8-6-10)19-14-9-11-3-1-2-4-13(11)14/h1-8,14H,9H2. The Labute approximate surface area is 110 Å². The fraction of sp³-hybridized carbons (Fsp3) is 0.133. The summed E-state index contributed by atoms with van der Waals surface area (Å²) in [7, 11) is 0. The van der Waals surface area contributed by atoms with E-state index in [4.69, 9.17) is 4.74 Å². The van der Waals surface area contributed by atoms with Crippen molar-refractivity contribution in [2.45, 2.75) is 12.5 Å². The third kappa shape index (κ3) is 2.12. The van der Waals surface area contributed by atoms with E-state index in [0.717, 1.165) is 12.0 Å². The topological polar surface area (TPSA) is 55.7 Å². The molecule has 2 aromatic rings. The molecular formula is C15H11NO3. The van der Waals surface area contributed by atoms with E-state index in [9.17, 15) is 9.70 Å². The summed E-state index contributed by atoms with van der Waals surface area (Å²) in [5.74, 6) is -0.378.